The molecule has 4 rings (SSSR count). The van der Waals surface area contributed by atoms with Crippen LogP contribution in [0.3, 0.4) is 0 Å². The summed E-state index contributed by atoms with van der Waals surface area (Å²) in [6.45, 7) is 3.64. The zero-order valence-corrected chi connectivity index (χ0v) is 20.0. The summed E-state index contributed by atoms with van der Waals surface area (Å²) >= 11 is 6.06. The first-order valence-corrected chi connectivity index (χ1v) is 13.3. The van der Waals surface area contributed by atoms with Crippen LogP contribution >= 0.6 is 11.6 Å². The van der Waals surface area contributed by atoms with Crippen LogP contribution in [-0.2, 0) is 21.7 Å². The van der Waals surface area contributed by atoms with Gasteiger partial charge in [-0.2, -0.15) is 0 Å². The monoisotopic (exact) mass is 482 g/mol. The molecule has 0 radical (unpaired) electrons. The Morgan fingerprint density at radius 3 is 2.50 bits per heavy atom. The van der Waals surface area contributed by atoms with Crippen molar-refractivity contribution < 1.29 is 21.9 Å². The number of benzene rings is 2. The number of hydrogen-bond donors (Lipinski definition) is 0. The van der Waals surface area contributed by atoms with E-state index in [1.165, 1.54) is 6.07 Å². The summed E-state index contributed by atoms with van der Waals surface area (Å²) in [5.74, 6) is -0.957. The Morgan fingerprint density at radius 1 is 1.12 bits per heavy atom. The number of sulfone groups is 1. The average molecular weight is 483 g/mol. The van der Waals surface area contributed by atoms with E-state index in [0.29, 0.717) is 29.8 Å². The van der Waals surface area contributed by atoms with E-state index in [1.54, 1.807) is 26.0 Å². The van der Waals surface area contributed by atoms with E-state index in [1.807, 2.05) is 12.1 Å². The van der Waals surface area contributed by atoms with Gasteiger partial charge < -0.3 is 4.74 Å². The second-order valence-corrected chi connectivity index (χ2v) is 12.6. The molecule has 1 saturated carbocycles. The maximum Gasteiger partial charge on any atom is 0.165 e. The van der Waals surface area contributed by atoms with Crippen LogP contribution in [0.15, 0.2) is 36.4 Å². The lowest BCUT2D eigenvalue weighted by atomic mass is 9.55. The van der Waals surface area contributed by atoms with Gasteiger partial charge in [0.15, 0.2) is 21.4 Å². The molecule has 2 aromatic rings. The third-order valence-electron chi connectivity index (χ3n) is 7.36. The standard InChI is InChI=1S/C25H29ClF2O3S/c1-16(2)32(29,30)13-11-18-4-3-12-25(14-17-5-7-19(26)8-6-17)20(18)15-31-24-22(28)10-9-21(27)23(24)25/h5-10,16,18,20H,3-4,11-15H2,1-2H3/t18-,20-,25-/m0/s1. The van der Waals surface area contributed by atoms with Gasteiger partial charge in [0, 0.05) is 21.9 Å². The Kier molecular flexibility index (Phi) is 6.56. The van der Waals surface area contributed by atoms with E-state index in [4.69, 9.17) is 16.3 Å². The highest BCUT2D eigenvalue weighted by Crippen LogP contribution is 2.55. The summed E-state index contributed by atoms with van der Waals surface area (Å²) in [6.07, 6.45) is 3.41. The highest BCUT2D eigenvalue weighted by atomic mass is 35.5. The molecule has 1 aliphatic carbocycles. The Morgan fingerprint density at radius 2 is 1.81 bits per heavy atom. The number of halogens is 3. The zero-order chi connectivity index (χ0) is 23.1. The number of ether oxygens (including phenoxy) is 1. The van der Waals surface area contributed by atoms with Crippen LogP contribution < -0.4 is 4.74 Å². The molecule has 3 atom stereocenters. The Labute approximate surface area is 194 Å². The number of hydrogen-bond acceptors (Lipinski definition) is 3. The predicted molar refractivity (Wildman–Crippen MR) is 123 cm³/mol. The lowest BCUT2D eigenvalue weighted by Crippen LogP contribution is -2.51. The molecule has 0 N–H and O–H groups in total. The highest BCUT2D eigenvalue weighted by Gasteiger charge is 2.52. The summed E-state index contributed by atoms with van der Waals surface area (Å²) < 4.78 is 60.7. The summed E-state index contributed by atoms with van der Waals surface area (Å²) in [5, 5.41) is 0.188. The molecule has 0 spiro atoms. The lowest BCUT2D eigenvalue weighted by Gasteiger charge is -2.52. The Bertz CT molecular complexity index is 1090. The molecule has 2 aliphatic rings. The van der Waals surface area contributed by atoms with Gasteiger partial charge in [-0.25, -0.2) is 17.2 Å². The average Bonchev–Trinajstić information content (AvgIpc) is 2.75. The second kappa shape index (κ2) is 8.94. The molecule has 7 heteroatoms. The van der Waals surface area contributed by atoms with Crippen LogP contribution in [0.1, 0.15) is 50.7 Å². The minimum Gasteiger partial charge on any atom is -0.490 e. The largest absolute Gasteiger partial charge is 0.490 e. The fourth-order valence-electron chi connectivity index (χ4n) is 5.61. The third kappa shape index (κ3) is 4.28. The molecule has 1 heterocycles. The lowest BCUT2D eigenvalue weighted by molar-refractivity contribution is 0.0317. The predicted octanol–water partition coefficient (Wildman–Crippen LogP) is 6.12. The van der Waals surface area contributed by atoms with E-state index in [9.17, 15) is 12.8 Å². The fourth-order valence-corrected chi connectivity index (χ4v) is 6.83. The summed E-state index contributed by atoms with van der Waals surface area (Å²) in [6, 6.07) is 9.75. The third-order valence-corrected chi connectivity index (χ3v) is 9.86. The molecule has 0 amide bonds. The fraction of sp³-hybridized carbons (Fsp3) is 0.520. The first-order chi connectivity index (χ1) is 15.1. The molecular formula is C25H29ClF2O3S. The van der Waals surface area contributed by atoms with E-state index >= 15 is 4.39 Å². The molecule has 0 unspecified atom stereocenters. The summed E-state index contributed by atoms with van der Waals surface area (Å²) in [7, 11) is -3.18. The van der Waals surface area contributed by atoms with E-state index in [0.717, 1.165) is 24.5 Å². The molecule has 0 saturated heterocycles. The summed E-state index contributed by atoms with van der Waals surface area (Å²) in [4.78, 5) is 0. The van der Waals surface area contributed by atoms with Crippen molar-refractivity contribution in [1.29, 1.82) is 0 Å². The zero-order valence-electron chi connectivity index (χ0n) is 18.4. The SMILES string of the molecule is CC(C)S(=O)(=O)CC[C@@H]1CCC[C@@]2(Cc3ccc(Cl)cc3)c3c(F)ccc(F)c3OC[C@@H]12. The van der Waals surface area contributed by atoms with Gasteiger partial charge in [-0.05, 0) is 75.3 Å². The van der Waals surface area contributed by atoms with E-state index in [2.05, 4.69) is 0 Å². The Balaban J connectivity index is 1.76. The van der Waals surface area contributed by atoms with E-state index in [-0.39, 0.29) is 29.9 Å². The number of fused-ring (bicyclic) bond motifs is 3. The first kappa shape index (κ1) is 23.5. The Hall–Kier alpha value is -1.66. The van der Waals surface area contributed by atoms with Gasteiger partial charge in [-0.3, -0.25) is 0 Å². The van der Waals surface area contributed by atoms with Crippen molar-refractivity contribution >= 4 is 21.4 Å². The smallest absolute Gasteiger partial charge is 0.165 e. The van der Waals surface area contributed by atoms with Crippen LogP contribution in [0.2, 0.25) is 5.02 Å². The van der Waals surface area contributed by atoms with Crippen LogP contribution in [0, 0.1) is 23.5 Å². The van der Waals surface area contributed by atoms with Crippen molar-refractivity contribution in [3.63, 3.8) is 0 Å². The molecule has 1 fully saturated rings. The van der Waals surface area contributed by atoms with Gasteiger partial charge in [-0.15, -0.1) is 0 Å². The number of rotatable bonds is 6. The molecule has 2 aromatic carbocycles. The van der Waals surface area contributed by atoms with Gasteiger partial charge in [0.25, 0.3) is 0 Å². The van der Waals surface area contributed by atoms with Gasteiger partial charge in [0.2, 0.25) is 0 Å². The highest BCUT2D eigenvalue weighted by molar-refractivity contribution is 7.91. The molecule has 174 valence electrons. The quantitative estimate of drug-likeness (QED) is 0.498. The summed E-state index contributed by atoms with van der Waals surface area (Å²) in [5.41, 5.74) is 0.643. The molecule has 32 heavy (non-hydrogen) atoms. The van der Waals surface area contributed by atoms with Crippen LogP contribution in [0.25, 0.3) is 0 Å². The molecule has 1 aliphatic heterocycles. The van der Waals surface area contributed by atoms with Gasteiger partial charge in [-0.1, -0.05) is 30.2 Å². The van der Waals surface area contributed by atoms with Crippen molar-refractivity contribution in [2.75, 3.05) is 12.4 Å². The normalized spacial score (nSPS) is 25.2. The van der Waals surface area contributed by atoms with Gasteiger partial charge >= 0.3 is 0 Å². The van der Waals surface area contributed by atoms with Crippen LogP contribution in [0.4, 0.5) is 8.78 Å². The van der Waals surface area contributed by atoms with Crippen molar-refractivity contribution in [1.82, 2.24) is 0 Å². The first-order valence-electron chi connectivity index (χ1n) is 11.2. The van der Waals surface area contributed by atoms with E-state index < -0.39 is 32.1 Å². The maximum atomic E-state index is 15.3. The molecular weight excluding hydrogens is 454 g/mol. The van der Waals surface area contributed by atoms with Crippen molar-refractivity contribution in [2.24, 2.45) is 11.8 Å². The van der Waals surface area contributed by atoms with Crippen molar-refractivity contribution in [2.45, 2.75) is 56.6 Å². The molecule has 0 aromatic heterocycles. The van der Waals surface area contributed by atoms with Crippen LogP contribution in [-0.4, -0.2) is 26.0 Å². The molecule has 3 nitrogen and oxygen atoms in total. The topological polar surface area (TPSA) is 43.4 Å². The molecule has 0 bridgehead atoms. The minimum atomic E-state index is -3.18. The second-order valence-electron chi connectivity index (χ2n) is 9.47. The van der Waals surface area contributed by atoms with Gasteiger partial charge in [0.1, 0.15) is 5.82 Å². The minimum absolute atomic E-state index is 0.00525. The maximum absolute atomic E-state index is 15.3. The van der Waals surface area contributed by atoms with Gasteiger partial charge in [0.05, 0.1) is 17.6 Å². The van der Waals surface area contributed by atoms with Crippen molar-refractivity contribution in [3.8, 4) is 5.75 Å². The van der Waals surface area contributed by atoms with Crippen LogP contribution in [0.5, 0.6) is 5.75 Å². The van der Waals surface area contributed by atoms with Crippen molar-refractivity contribution in [3.05, 3.63) is 64.2 Å².